The topological polar surface area (TPSA) is 98.0 Å². The van der Waals surface area contributed by atoms with Crippen molar-refractivity contribution in [2.75, 3.05) is 4.72 Å². The van der Waals surface area contributed by atoms with E-state index in [1.165, 1.54) is 6.07 Å². The van der Waals surface area contributed by atoms with Crippen LogP contribution in [0, 0.1) is 0 Å². The van der Waals surface area contributed by atoms with Crippen LogP contribution in [-0.4, -0.2) is 18.4 Å². The third kappa shape index (κ3) is 2.99. The molecule has 8 heteroatoms. The molecule has 0 fully saturated rings. The molecule has 1 heterocycles. The first-order chi connectivity index (χ1) is 5.47. The van der Waals surface area contributed by atoms with Crippen molar-refractivity contribution in [2.45, 2.75) is 0 Å². The lowest BCUT2D eigenvalue weighted by atomic mass is 10.6. The van der Waals surface area contributed by atoms with Gasteiger partial charge in [0.25, 0.3) is 10.2 Å². The highest BCUT2D eigenvalue weighted by atomic mass is 35.5. The molecule has 0 amide bonds. The summed E-state index contributed by atoms with van der Waals surface area (Å²) in [7, 11) is -3.79. The molecule has 0 aliphatic heterocycles. The molecule has 0 aliphatic rings. The SMILES string of the molecule is NS(=O)(=O)Nc1cc(Cl)ncn1. The van der Waals surface area contributed by atoms with E-state index in [4.69, 9.17) is 11.6 Å². The fraction of sp³-hybridized carbons (Fsp3) is 0. The van der Waals surface area contributed by atoms with E-state index in [0.717, 1.165) is 6.33 Å². The molecule has 0 unspecified atom stereocenters. The van der Waals surface area contributed by atoms with Crippen molar-refractivity contribution >= 4 is 27.6 Å². The molecular weight excluding hydrogens is 204 g/mol. The Kier molecular flexibility index (Phi) is 2.46. The molecule has 0 radical (unpaired) electrons. The van der Waals surface area contributed by atoms with Crippen LogP contribution in [0.5, 0.6) is 0 Å². The molecule has 12 heavy (non-hydrogen) atoms. The van der Waals surface area contributed by atoms with E-state index in [0.29, 0.717) is 0 Å². The Labute approximate surface area is 74.0 Å². The van der Waals surface area contributed by atoms with Crippen LogP contribution in [0.3, 0.4) is 0 Å². The van der Waals surface area contributed by atoms with E-state index in [1.54, 1.807) is 0 Å². The first-order valence-electron chi connectivity index (χ1n) is 2.75. The maximum absolute atomic E-state index is 10.5. The Bertz CT molecular complexity index is 378. The average Bonchev–Trinajstić information content (AvgIpc) is 1.82. The molecule has 6 nitrogen and oxygen atoms in total. The third-order valence-corrected chi connectivity index (χ3v) is 1.58. The van der Waals surface area contributed by atoms with Crippen LogP contribution in [0.4, 0.5) is 5.82 Å². The number of nitrogens with one attached hydrogen (secondary N) is 1. The summed E-state index contributed by atoms with van der Waals surface area (Å²) in [6.45, 7) is 0. The zero-order valence-corrected chi connectivity index (χ0v) is 7.30. The number of nitrogens with zero attached hydrogens (tertiary/aromatic N) is 2. The molecule has 0 aliphatic carbocycles. The van der Waals surface area contributed by atoms with Gasteiger partial charge in [-0.15, -0.1) is 0 Å². The lowest BCUT2D eigenvalue weighted by molar-refractivity contribution is 0.602. The molecule has 1 aromatic heterocycles. The lowest BCUT2D eigenvalue weighted by Gasteiger charge is -2.00. The highest BCUT2D eigenvalue weighted by Crippen LogP contribution is 2.08. The van der Waals surface area contributed by atoms with E-state index in [-0.39, 0.29) is 11.0 Å². The average molecular weight is 209 g/mol. The molecule has 1 aromatic rings. The van der Waals surface area contributed by atoms with Crippen molar-refractivity contribution in [1.82, 2.24) is 9.97 Å². The Morgan fingerprint density at radius 1 is 1.50 bits per heavy atom. The Morgan fingerprint density at radius 2 is 2.17 bits per heavy atom. The summed E-state index contributed by atoms with van der Waals surface area (Å²) in [6, 6.07) is 1.24. The predicted octanol–water partition coefficient (Wildman–Crippen LogP) is -0.255. The maximum atomic E-state index is 10.5. The number of rotatable bonds is 2. The Morgan fingerprint density at radius 3 is 2.67 bits per heavy atom. The number of aromatic nitrogens is 2. The largest absolute Gasteiger partial charge is 0.297 e. The summed E-state index contributed by atoms with van der Waals surface area (Å²) in [5.41, 5.74) is 0. The van der Waals surface area contributed by atoms with Gasteiger partial charge in [0.1, 0.15) is 17.3 Å². The van der Waals surface area contributed by atoms with E-state index in [9.17, 15) is 8.42 Å². The summed E-state index contributed by atoms with van der Waals surface area (Å²) >= 11 is 5.45. The molecule has 66 valence electrons. The summed E-state index contributed by atoms with van der Waals surface area (Å²) in [6.07, 6.45) is 1.12. The fourth-order valence-corrected chi connectivity index (χ4v) is 1.09. The zero-order valence-electron chi connectivity index (χ0n) is 5.73. The van der Waals surface area contributed by atoms with Gasteiger partial charge in [-0.1, -0.05) is 11.6 Å². The van der Waals surface area contributed by atoms with Gasteiger partial charge >= 0.3 is 0 Å². The second-order valence-electron chi connectivity index (χ2n) is 1.87. The lowest BCUT2D eigenvalue weighted by Crippen LogP contribution is -2.22. The van der Waals surface area contributed by atoms with Crippen molar-refractivity contribution in [3.8, 4) is 0 Å². The summed E-state index contributed by atoms with van der Waals surface area (Å²) < 4.78 is 22.9. The number of hydrogen-bond acceptors (Lipinski definition) is 4. The van der Waals surface area contributed by atoms with Gasteiger partial charge in [0.2, 0.25) is 0 Å². The van der Waals surface area contributed by atoms with Gasteiger partial charge in [0, 0.05) is 6.07 Å². The van der Waals surface area contributed by atoms with Gasteiger partial charge in [-0.2, -0.15) is 8.42 Å². The Hall–Kier alpha value is -0.920. The van der Waals surface area contributed by atoms with Crippen molar-refractivity contribution in [2.24, 2.45) is 5.14 Å². The molecule has 3 N–H and O–H groups in total. The summed E-state index contributed by atoms with van der Waals surface area (Å²) in [4.78, 5) is 7.11. The number of halogens is 1. The molecule has 0 spiro atoms. The van der Waals surface area contributed by atoms with E-state index >= 15 is 0 Å². The summed E-state index contributed by atoms with van der Waals surface area (Å²) in [5.74, 6) is 0.0394. The monoisotopic (exact) mass is 208 g/mol. The number of nitrogens with two attached hydrogens (primary N) is 1. The molecule has 0 bridgehead atoms. The highest BCUT2D eigenvalue weighted by Gasteiger charge is 2.03. The highest BCUT2D eigenvalue weighted by molar-refractivity contribution is 7.90. The van der Waals surface area contributed by atoms with Gasteiger partial charge in [0.15, 0.2) is 0 Å². The van der Waals surface area contributed by atoms with Gasteiger partial charge in [-0.25, -0.2) is 15.1 Å². The van der Waals surface area contributed by atoms with Crippen molar-refractivity contribution in [3.63, 3.8) is 0 Å². The second-order valence-corrected chi connectivity index (χ2v) is 3.55. The first kappa shape index (κ1) is 9.17. The Balaban J connectivity index is 2.91. The molecule has 0 atom stereocenters. The van der Waals surface area contributed by atoms with Crippen LogP contribution in [-0.2, 0) is 10.2 Å². The third-order valence-electron chi connectivity index (χ3n) is 0.881. The number of hydrogen-bond donors (Lipinski definition) is 2. The molecule has 0 saturated heterocycles. The molecule has 0 aromatic carbocycles. The second kappa shape index (κ2) is 3.21. The van der Waals surface area contributed by atoms with Gasteiger partial charge in [0.05, 0.1) is 0 Å². The smallest absolute Gasteiger partial charge is 0.255 e. The standard InChI is InChI=1S/C4H5ClN4O2S/c5-3-1-4(8-2-7-3)9-12(6,10)11/h1-2H,(H2,6,10,11)(H,7,8,9). The van der Waals surface area contributed by atoms with Crippen LogP contribution < -0.4 is 9.86 Å². The van der Waals surface area contributed by atoms with Crippen LogP contribution >= 0.6 is 11.6 Å². The minimum atomic E-state index is -3.79. The van der Waals surface area contributed by atoms with E-state index < -0.39 is 10.2 Å². The van der Waals surface area contributed by atoms with E-state index in [2.05, 4.69) is 15.1 Å². The van der Waals surface area contributed by atoms with Gasteiger partial charge in [-0.3, -0.25) is 4.72 Å². The van der Waals surface area contributed by atoms with Crippen molar-refractivity contribution in [1.29, 1.82) is 0 Å². The predicted molar refractivity (Wildman–Crippen MR) is 43.8 cm³/mol. The first-order valence-corrected chi connectivity index (χ1v) is 4.68. The minimum Gasteiger partial charge on any atom is -0.255 e. The quantitative estimate of drug-likeness (QED) is 0.655. The van der Waals surface area contributed by atoms with Gasteiger partial charge < -0.3 is 0 Å². The van der Waals surface area contributed by atoms with Crippen LogP contribution in [0.25, 0.3) is 0 Å². The fourth-order valence-electron chi connectivity index (χ4n) is 0.535. The summed E-state index contributed by atoms with van der Waals surface area (Å²) in [5, 5.41) is 4.81. The molecule has 1 rings (SSSR count). The van der Waals surface area contributed by atoms with Crippen LogP contribution in [0.15, 0.2) is 12.4 Å². The van der Waals surface area contributed by atoms with Crippen LogP contribution in [0.1, 0.15) is 0 Å². The molecular formula is C4H5ClN4O2S. The van der Waals surface area contributed by atoms with Crippen LogP contribution in [0.2, 0.25) is 5.15 Å². The maximum Gasteiger partial charge on any atom is 0.297 e. The van der Waals surface area contributed by atoms with Gasteiger partial charge in [-0.05, 0) is 0 Å². The van der Waals surface area contributed by atoms with Crippen molar-refractivity contribution < 1.29 is 8.42 Å². The minimum absolute atomic E-state index is 0.0394. The number of anilines is 1. The van der Waals surface area contributed by atoms with Crippen molar-refractivity contribution in [3.05, 3.63) is 17.5 Å². The van der Waals surface area contributed by atoms with E-state index in [1.807, 2.05) is 4.72 Å². The zero-order chi connectivity index (χ0) is 9.19. The molecule has 0 saturated carbocycles. The normalized spacial score (nSPS) is 11.2.